The second kappa shape index (κ2) is 3.96. The van der Waals surface area contributed by atoms with Crippen LogP contribution < -0.4 is 0 Å². The first-order chi connectivity index (χ1) is 6.79. The molecule has 0 saturated carbocycles. The van der Waals surface area contributed by atoms with Gasteiger partial charge in [-0.1, -0.05) is 0 Å². The highest BCUT2D eigenvalue weighted by Crippen LogP contribution is 2.19. The van der Waals surface area contributed by atoms with E-state index < -0.39 is 30.0 Å². The van der Waals surface area contributed by atoms with Gasteiger partial charge in [0.05, 0.1) is 0 Å². The molecule has 0 fully saturated rings. The molecule has 0 bridgehead atoms. The van der Waals surface area contributed by atoms with Gasteiger partial charge in [-0.2, -0.15) is 13.2 Å². The molecular formula is C9H5F5O. The van der Waals surface area contributed by atoms with Gasteiger partial charge in [-0.15, -0.1) is 0 Å². The van der Waals surface area contributed by atoms with E-state index in [1.54, 1.807) is 0 Å². The lowest BCUT2D eigenvalue weighted by Crippen LogP contribution is -2.24. The Morgan fingerprint density at radius 1 is 1.07 bits per heavy atom. The number of rotatable bonds is 2. The summed E-state index contributed by atoms with van der Waals surface area (Å²) >= 11 is 0. The van der Waals surface area contributed by atoms with Crippen LogP contribution in [0, 0.1) is 11.6 Å². The molecular weight excluding hydrogens is 219 g/mol. The highest BCUT2D eigenvalue weighted by atomic mass is 19.4. The molecule has 1 aromatic carbocycles. The van der Waals surface area contributed by atoms with Gasteiger partial charge in [0.15, 0.2) is 0 Å². The fraction of sp³-hybridized carbons (Fsp3) is 0.222. The third kappa shape index (κ3) is 3.30. The number of halogens is 5. The summed E-state index contributed by atoms with van der Waals surface area (Å²) in [6, 6.07) is 1.89. The summed E-state index contributed by atoms with van der Waals surface area (Å²) in [6.45, 7) is 0. The maximum atomic E-state index is 12.5. The Morgan fingerprint density at radius 3 is 1.93 bits per heavy atom. The van der Waals surface area contributed by atoms with Crippen LogP contribution in [0.3, 0.4) is 0 Å². The highest BCUT2D eigenvalue weighted by Gasteiger charge is 2.37. The number of Topliss-reactive ketones (excluding diaryl/α,β-unsaturated/α-hetero) is 1. The fourth-order valence-electron chi connectivity index (χ4n) is 0.999. The number of benzene rings is 1. The van der Waals surface area contributed by atoms with E-state index in [0.717, 1.165) is 0 Å². The van der Waals surface area contributed by atoms with Gasteiger partial charge in [-0.05, 0) is 17.7 Å². The molecule has 0 spiro atoms. The van der Waals surface area contributed by atoms with Gasteiger partial charge >= 0.3 is 6.18 Å². The van der Waals surface area contributed by atoms with Crippen molar-refractivity contribution >= 4 is 5.78 Å². The van der Waals surface area contributed by atoms with Gasteiger partial charge in [0.2, 0.25) is 5.78 Å². The van der Waals surface area contributed by atoms with Crippen LogP contribution in [0.1, 0.15) is 5.56 Å². The maximum absolute atomic E-state index is 12.5. The SMILES string of the molecule is O=C(Cc1cc(F)cc(F)c1)C(F)(F)F. The van der Waals surface area contributed by atoms with Gasteiger partial charge in [0.25, 0.3) is 0 Å². The van der Waals surface area contributed by atoms with Crippen molar-refractivity contribution in [2.45, 2.75) is 12.6 Å². The summed E-state index contributed by atoms with van der Waals surface area (Å²) in [5.74, 6) is -4.06. The van der Waals surface area contributed by atoms with E-state index >= 15 is 0 Å². The molecule has 0 aliphatic rings. The third-order valence-corrected chi connectivity index (χ3v) is 1.60. The third-order valence-electron chi connectivity index (χ3n) is 1.60. The maximum Gasteiger partial charge on any atom is 0.450 e. The van der Waals surface area contributed by atoms with Crippen LogP contribution in [0.15, 0.2) is 18.2 Å². The highest BCUT2D eigenvalue weighted by molar-refractivity contribution is 5.86. The van der Waals surface area contributed by atoms with Gasteiger partial charge in [-0.3, -0.25) is 4.79 Å². The molecule has 82 valence electrons. The first-order valence-electron chi connectivity index (χ1n) is 3.84. The fourth-order valence-corrected chi connectivity index (χ4v) is 0.999. The van der Waals surface area contributed by atoms with E-state index in [1.807, 2.05) is 0 Å². The van der Waals surface area contributed by atoms with Crippen molar-refractivity contribution in [3.8, 4) is 0 Å². The average molecular weight is 224 g/mol. The number of alkyl halides is 3. The Kier molecular flexibility index (Phi) is 3.06. The van der Waals surface area contributed by atoms with E-state index in [0.29, 0.717) is 18.2 Å². The number of hydrogen-bond donors (Lipinski definition) is 0. The summed E-state index contributed by atoms with van der Waals surface area (Å²) in [5.41, 5.74) is -0.338. The molecule has 0 aliphatic carbocycles. The Morgan fingerprint density at radius 2 is 1.53 bits per heavy atom. The van der Waals surface area contributed by atoms with Crippen LogP contribution >= 0.6 is 0 Å². The Balaban J connectivity index is 2.86. The van der Waals surface area contributed by atoms with E-state index in [4.69, 9.17) is 0 Å². The van der Waals surface area contributed by atoms with Crippen LogP contribution in [0.4, 0.5) is 22.0 Å². The monoisotopic (exact) mass is 224 g/mol. The minimum absolute atomic E-state index is 0.338. The number of hydrogen-bond acceptors (Lipinski definition) is 1. The zero-order chi connectivity index (χ0) is 11.6. The molecule has 6 heteroatoms. The summed E-state index contributed by atoms with van der Waals surface area (Å²) in [6.07, 6.45) is -6.04. The minimum atomic E-state index is -4.98. The second-order valence-corrected chi connectivity index (χ2v) is 2.88. The number of ketones is 1. The molecule has 1 nitrogen and oxygen atoms in total. The van der Waals surface area contributed by atoms with Crippen LogP contribution in [-0.4, -0.2) is 12.0 Å². The molecule has 0 radical (unpaired) electrons. The van der Waals surface area contributed by atoms with Crippen molar-refractivity contribution in [1.29, 1.82) is 0 Å². The Bertz CT molecular complexity index is 362. The van der Waals surface area contributed by atoms with Crippen LogP contribution in [0.2, 0.25) is 0 Å². The van der Waals surface area contributed by atoms with E-state index in [2.05, 4.69) is 0 Å². The van der Waals surface area contributed by atoms with Crippen molar-refractivity contribution in [1.82, 2.24) is 0 Å². The summed E-state index contributed by atoms with van der Waals surface area (Å²) in [7, 11) is 0. The Hall–Kier alpha value is -1.46. The first kappa shape index (κ1) is 11.6. The van der Waals surface area contributed by atoms with Crippen molar-refractivity contribution in [2.75, 3.05) is 0 Å². The summed E-state index contributed by atoms with van der Waals surface area (Å²) < 4.78 is 60.5. The molecule has 1 aromatic rings. The van der Waals surface area contributed by atoms with E-state index in [-0.39, 0.29) is 5.56 Å². The van der Waals surface area contributed by atoms with Gasteiger partial charge in [0, 0.05) is 12.5 Å². The topological polar surface area (TPSA) is 17.1 Å². The van der Waals surface area contributed by atoms with Crippen molar-refractivity contribution in [3.05, 3.63) is 35.4 Å². The van der Waals surface area contributed by atoms with Gasteiger partial charge < -0.3 is 0 Å². The van der Waals surface area contributed by atoms with E-state index in [9.17, 15) is 26.7 Å². The van der Waals surface area contributed by atoms with Crippen molar-refractivity contribution < 1.29 is 26.7 Å². The normalized spacial score (nSPS) is 11.5. The lowest BCUT2D eigenvalue weighted by molar-refractivity contribution is -0.170. The molecule has 15 heavy (non-hydrogen) atoms. The second-order valence-electron chi connectivity index (χ2n) is 2.88. The number of carbonyl (C=O) groups is 1. The molecule has 0 atom stereocenters. The lowest BCUT2D eigenvalue weighted by atomic mass is 10.1. The Labute approximate surface area is 81.5 Å². The summed E-state index contributed by atoms with van der Waals surface area (Å²) in [4.78, 5) is 10.5. The van der Waals surface area contributed by atoms with Gasteiger partial charge in [0.1, 0.15) is 11.6 Å². The molecule has 0 N–H and O–H groups in total. The first-order valence-corrected chi connectivity index (χ1v) is 3.84. The van der Waals surface area contributed by atoms with Crippen LogP contribution in [0.5, 0.6) is 0 Å². The predicted octanol–water partition coefficient (Wildman–Crippen LogP) is 2.64. The van der Waals surface area contributed by atoms with Crippen molar-refractivity contribution in [2.24, 2.45) is 0 Å². The number of carbonyl (C=O) groups excluding carboxylic acids is 1. The molecule has 0 aliphatic heterocycles. The average Bonchev–Trinajstić information content (AvgIpc) is 1.99. The molecule has 0 unspecified atom stereocenters. The zero-order valence-corrected chi connectivity index (χ0v) is 7.24. The lowest BCUT2D eigenvalue weighted by Gasteiger charge is -2.05. The molecule has 1 rings (SSSR count). The van der Waals surface area contributed by atoms with Crippen LogP contribution in [-0.2, 0) is 11.2 Å². The molecule has 0 amide bonds. The quantitative estimate of drug-likeness (QED) is 0.706. The largest absolute Gasteiger partial charge is 0.450 e. The zero-order valence-electron chi connectivity index (χ0n) is 7.24. The molecule has 0 heterocycles. The summed E-state index contributed by atoms with van der Waals surface area (Å²) in [5, 5.41) is 0. The van der Waals surface area contributed by atoms with Crippen molar-refractivity contribution in [3.63, 3.8) is 0 Å². The molecule has 0 aromatic heterocycles. The van der Waals surface area contributed by atoms with E-state index in [1.165, 1.54) is 0 Å². The molecule has 0 saturated heterocycles. The van der Waals surface area contributed by atoms with Gasteiger partial charge in [-0.25, -0.2) is 8.78 Å². The standard InChI is InChI=1S/C9H5F5O/c10-6-1-5(2-7(11)4-6)3-8(15)9(12,13)14/h1-2,4H,3H2. The minimum Gasteiger partial charge on any atom is -0.289 e. The van der Waals surface area contributed by atoms with Crippen LogP contribution in [0.25, 0.3) is 0 Å². The smallest absolute Gasteiger partial charge is 0.289 e. The predicted molar refractivity (Wildman–Crippen MR) is 41.1 cm³/mol.